The van der Waals surface area contributed by atoms with Crippen molar-refractivity contribution in [2.45, 2.75) is 56.3 Å². The maximum atomic E-state index is 13.3. The van der Waals surface area contributed by atoms with Crippen LogP contribution in [0.25, 0.3) is 0 Å². The number of amides is 3. The normalized spacial score (nSPS) is 18.6. The molecule has 0 aromatic heterocycles. The van der Waals surface area contributed by atoms with Crippen molar-refractivity contribution in [2.75, 3.05) is 42.6 Å². The fourth-order valence-corrected chi connectivity index (χ4v) is 4.84. The Morgan fingerprint density at radius 1 is 0.969 bits per heavy atom. The van der Waals surface area contributed by atoms with Gasteiger partial charge in [-0.2, -0.15) is 35.3 Å². The molecule has 0 bridgehead atoms. The Labute approximate surface area is 203 Å². The molecule has 32 heavy (non-hydrogen) atoms. The largest absolute Gasteiger partial charge is 0.480 e. The van der Waals surface area contributed by atoms with Crippen LogP contribution in [0, 0.1) is 0 Å². The number of aliphatic carboxylic acids is 1. The first-order valence-electron chi connectivity index (χ1n) is 10.6. The van der Waals surface area contributed by atoms with Gasteiger partial charge in [0.15, 0.2) is 0 Å². The number of nitrogens with two attached hydrogens (primary N) is 1. The van der Waals surface area contributed by atoms with Crippen LogP contribution in [0.2, 0.25) is 0 Å². The first-order chi connectivity index (χ1) is 15.3. The molecular formula is C20H36N4O5S3. The number of carbonyl (C=O) groups excluding carboxylic acids is 3. The van der Waals surface area contributed by atoms with E-state index in [-0.39, 0.29) is 11.8 Å². The number of nitrogens with one attached hydrogen (secondary N) is 2. The van der Waals surface area contributed by atoms with Crippen LogP contribution in [0.15, 0.2) is 0 Å². The van der Waals surface area contributed by atoms with Gasteiger partial charge in [0.2, 0.25) is 17.7 Å². The van der Waals surface area contributed by atoms with Crippen molar-refractivity contribution in [3.8, 4) is 0 Å². The molecule has 1 aliphatic rings. The molecule has 0 saturated carbocycles. The Kier molecular flexibility index (Phi) is 14.2. The number of carbonyl (C=O) groups is 4. The van der Waals surface area contributed by atoms with Crippen molar-refractivity contribution < 1.29 is 24.3 Å². The molecule has 5 N–H and O–H groups in total. The lowest BCUT2D eigenvalue weighted by molar-refractivity contribution is -0.145. The third-order valence-electron chi connectivity index (χ3n) is 5.26. The average Bonchev–Trinajstić information content (AvgIpc) is 3.26. The summed E-state index contributed by atoms with van der Waals surface area (Å²) >= 11 is 4.66. The SMILES string of the molecule is CSCCC(N)C(=O)NC(CCSC)C(=O)N1CCCC1C(=O)NC(CCSC)C(=O)O. The molecule has 0 spiro atoms. The lowest BCUT2D eigenvalue weighted by Gasteiger charge is -2.30. The van der Waals surface area contributed by atoms with Gasteiger partial charge < -0.3 is 26.4 Å². The monoisotopic (exact) mass is 508 g/mol. The number of thioether (sulfide) groups is 3. The number of carboxylic acid groups (broad SMARTS) is 1. The molecule has 4 atom stereocenters. The zero-order chi connectivity index (χ0) is 24.1. The molecule has 3 amide bonds. The number of nitrogens with zero attached hydrogens (tertiary/aromatic N) is 1. The van der Waals surface area contributed by atoms with Gasteiger partial charge in [-0.15, -0.1) is 0 Å². The molecule has 1 heterocycles. The Morgan fingerprint density at radius 2 is 1.53 bits per heavy atom. The van der Waals surface area contributed by atoms with Crippen LogP contribution in [0.5, 0.6) is 0 Å². The fraction of sp³-hybridized carbons (Fsp3) is 0.800. The molecule has 9 nitrogen and oxygen atoms in total. The summed E-state index contributed by atoms with van der Waals surface area (Å²) in [4.78, 5) is 51.6. The van der Waals surface area contributed by atoms with E-state index in [1.54, 1.807) is 23.5 Å². The third kappa shape index (κ3) is 9.40. The summed E-state index contributed by atoms with van der Waals surface area (Å²) in [6.07, 6.45) is 8.07. The Hall–Kier alpha value is -1.11. The van der Waals surface area contributed by atoms with Crippen molar-refractivity contribution in [2.24, 2.45) is 5.73 Å². The number of hydrogen-bond acceptors (Lipinski definition) is 8. The number of likely N-dealkylation sites (tertiary alicyclic amines) is 1. The van der Waals surface area contributed by atoms with Crippen molar-refractivity contribution in [3.63, 3.8) is 0 Å². The second kappa shape index (κ2) is 15.7. The minimum absolute atomic E-state index is 0.309. The highest BCUT2D eigenvalue weighted by Crippen LogP contribution is 2.20. The van der Waals surface area contributed by atoms with Crippen molar-refractivity contribution in [3.05, 3.63) is 0 Å². The summed E-state index contributed by atoms with van der Waals surface area (Å²) in [7, 11) is 0. The smallest absolute Gasteiger partial charge is 0.326 e. The van der Waals surface area contributed by atoms with Gasteiger partial charge >= 0.3 is 5.97 Å². The summed E-state index contributed by atoms with van der Waals surface area (Å²) in [5.74, 6) is -0.238. The summed E-state index contributed by atoms with van der Waals surface area (Å²) in [6.45, 7) is 0.392. The van der Waals surface area contributed by atoms with Gasteiger partial charge in [-0.25, -0.2) is 4.79 Å². The molecule has 0 radical (unpaired) electrons. The van der Waals surface area contributed by atoms with Crippen molar-refractivity contribution in [1.82, 2.24) is 15.5 Å². The Morgan fingerprint density at radius 3 is 2.09 bits per heavy atom. The van der Waals surface area contributed by atoms with Crippen LogP contribution >= 0.6 is 35.3 Å². The summed E-state index contributed by atoms with van der Waals surface area (Å²) in [6, 6.07) is -3.20. The second-order valence-electron chi connectivity index (χ2n) is 7.60. The van der Waals surface area contributed by atoms with E-state index >= 15 is 0 Å². The van der Waals surface area contributed by atoms with E-state index < -0.39 is 36.0 Å². The van der Waals surface area contributed by atoms with Gasteiger partial charge in [0.25, 0.3) is 0 Å². The highest BCUT2D eigenvalue weighted by molar-refractivity contribution is 7.98. The van der Waals surface area contributed by atoms with E-state index in [2.05, 4.69) is 10.6 Å². The predicted molar refractivity (Wildman–Crippen MR) is 133 cm³/mol. The number of rotatable bonds is 15. The predicted octanol–water partition coefficient (Wildman–Crippen LogP) is 0.618. The van der Waals surface area contributed by atoms with Crippen LogP contribution in [0.1, 0.15) is 32.1 Å². The van der Waals surface area contributed by atoms with Crippen LogP contribution in [-0.4, -0.2) is 100 Å². The highest BCUT2D eigenvalue weighted by Gasteiger charge is 2.38. The van der Waals surface area contributed by atoms with E-state index in [0.717, 1.165) is 5.75 Å². The van der Waals surface area contributed by atoms with Crippen LogP contribution in [0.4, 0.5) is 0 Å². The molecule has 1 fully saturated rings. The van der Waals surface area contributed by atoms with E-state index in [4.69, 9.17) is 5.73 Å². The second-order valence-corrected chi connectivity index (χ2v) is 10.6. The van der Waals surface area contributed by atoms with E-state index in [0.29, 0.717) is 50.2 Å². The van der Waals surface area contributed by atoms with E-state index in [1.165, 1.54) is 16.7 Å². The van der Waals surface area contributed by atoms with Gasteiger partial charge in [-0.1, -0.05) is 0 Å². The first kappa shape index (κ1) is 28.9. The standard InChI is InChI=1S/C20H36N4O5S3/c1-30-10-6-13(21)17(25)22-14(7-11-31-2)19(27)24-9-4-5-16(24)18(26)23-15(20(28)29)8-12-32-3/h13-16H,4-12,21H2,1-3H3,(H,22,25)(H,23,26)(H,28,29). The summed E-state index contributed by atoms with van der Waals surface area (Å²) < 4.78 is 0. The maximum Gasteiger partial charge on any atom is 0.326 e. The molecule has 1 aliphatic heterocycles. The third-order valence-corrected chi connectivity index (χ3v) is 7.19. The summed E-state index contributed by atoms with van der Waals surface area (Å²) in [5, 5.41) is 14.8. The maximum absolute atomic E-state index is 13.3. The molecule has 0 aromatic rings. The molecule has 1 rings (SSSR count). The molecule has 0 aliphatic carbocycles. The van der Waals surface area contributed by atoms with Gasteiger partial charge in [0.05, 0.1) is 6.04 Å². The lowest BCUT2D eigenvalue weighted by atomic mass is 10.1. The molecule has 4 unspecified atom stereocenters. The fourth-order valence-electron chi connectivity index (χ4n) is 3.41. The molecule has 184 valence electrons. The quantitative estimate of drug-likeness (QED) is 0.250. The minimum atomic E-state index is -1.09. The average molecular weight is 509 g/mol. The van der Waals surface area contributed by atoms with E-state index in [9.17, 15) is 24.3 Å². The van der Waals surface area contributed by atoms with Crippen molar-refractivity contribution in [1.29, 1.82) is 0 Å². The molecule has 12 heteroatoms. The number of carboxylic acids is 1. The number of hydrogen-bond donors (Lipinski definition) is 4. The summed E-state index contributed by atoms with van der Waals surface area (Å²) in [5.41, 5.74) is 5.96. The van der Waals surface area contributed by atoms with E-state index in [1.807, 2.05) is 18.8 Å². The first-order valence-corrected chi connectivity index (χ1v) is 14.8. The molecular weight excluding hydrogens is 472 g/mol. The van der Waals surface area contributed by atoms with Gasteiger partial charge in [-0.3, -0.25) is 14.4 Å². The van der Waals surface area contributed by atoms with Gasteiger partial charge in [0.1, 0.15) is 18.1 Å². The minimum Gasteiger partial charge on any atom is -0.480 e. The van der Waals surface area contributed by atoms with Crippen molar-refractivity contribution >= 4 is 59.0 Å². The van der Waals surface area contributed by atoms with Crippen LogP contribution < -0.4 is 16.4 Å². The molecule has 0 aromatic carbocycles. The highest BCUT2D eigenvalue weighted by atomic mass is 32.2. The lowest BCUT2D eigenvalue weighted by Crippen LogP contribution is -2.57. The zero-order valence-corrected chi connectivity index (χ0v) is 21.5. The Bertz CT molecular complexity index is 640. The van der Waals surface area contributed by atoms with Gasteiger partial charge in [0, 0.05) is 6.54 Å². The molecule has 1 saturated heterocycles. The van der Waals surface area contributed by atoms with Gasteiger partial charge in [-0.05, 0) is 68.1 Å². The van der Waals surface area contributed by atoms with Crippen LogP contribution in [0.3, 0.4) is 0 Å². The Balaban J connectivity index is 2.87. The van der Waals surface area contributed by atoms with Crippen LogP contribution in [-0.2, 0) is 19.2 Å². The zero-order valence-electron chi connectivity index (χ0n) is 19.0. The topological polar surface area (TPSA) is 142 Å².